The fourth-order valence-corrected chi connectivity index (χ4v) is 3.92. The predicted molar refractivity (Wildman–Crippen MR) is 150 cm³/mol. The van der Waals surface area contributed by atoms with Crippen LogP contribution in [0.4, 0.5) is 11.4 Å². The molecule has 3 N–H and O–H groups in total. The van der Waals surface area contributed by atoms with Crippen molar-refractivity contribution in [2.45, 2.75) is 0 Å². The van der Waals surface area contributed by atoms with Gasteiger partial charge in [0.2, 0.25) is 0 Å². The molecule has 1 aromatic heterocycles. The summed E-state index contributed by atoms with van der Waals surface area (Å²) >= 11 is 0. The standard InChI is InChI=1S/C31H27N3O5/c32-26-11-5-6-12-27(26)33-30(35)22-14-16-25(17-15-22)37-19-18-34(21-38-24-9-2-1-3-10-24)31(36)29-20-23-8-4-7-13-28(23)39-29/h1-17,20H,18-19,21,32H2,(H,33,35). The van der Waals surface area contributed by atoms with Crippen LogP contribution in [0.3, 0.4) is 0 Å². The summed E-state index contributed by atoms with van der Waals surface area (Å²) in [4.78, 5) is 27.4. The molecule has 8 nitrogen and oxygen atoms in total. The van der Waals surface area contributed by atoms with Gasteiger partial charge in [-0.25, -0.2) is 0 Å². The minimum absolute atomic E-state index is 0.0188. The van der Waals surface area contributed by atoms with Crippen LogP contribution in [0, 0.1) is 0 Å². The highest BCUT2D eigenvalue weighted by atomic mass is 16.5. The predicted octanol–water partition coefficient (Wildman–Crippen LogP) is 5.83. The van der Waals surface area contributed by atoms with Crippen LogP contribution in [0.1, 0.15) is 20.9 Å². The van der Waals surface area contributed by atoms with Crippen molar-refractivity contribution in [3.63, 3.8) is 0 Å². The first kappa shape index (κ1) is 25.4. The molecule has 2 amide bonds. The van der Waals surface area contributed by atoms with Gasteiger partial charge in [-0.15, -0.1) is 0 Å². The molecular formula is C31H27N3O5. The lowest BCUT2D eigenvalue weighted by Crippen LogP contribution is -2.37. The number of anilines is 2. The monoisotopic (exact) mass is 521 g/mol. The minimum Gasteiger partial charge on any atom is -0.492 e. The summed E-state index contributed by atoms with van der Waals surface area (Å²) < 4.78 is 17.5. The van der Waals surface area contributed by atoms with E-state index >= 15 is 0 Å². The first-order valence-electron chi connectivity index (χ1n) is 12.4. The molecule has 5 aromatic rings. The number of benzene rings is 4. The molecule has 0 bridgehead atoms. The van der Waals surface area contributed by atoms with Crippen molar-refractivity contribution >= 4 is 34.2 Å². The average Bonchev–Trinajstić information content (AvgIpc) is 3.41. The summed E-state index contributed by atoms with van der Waals surface area (Å²) in [6.45, 7) is 0.472. The lowest BCUT2D eigenvalue weighted by molar-refractivity contribution is 0.0530. The summed E-state index contributed by atoms with van der Waals surface area (Å²) in [6.07, 6.45) is 0. The molecule has 0 atom stereocenters. The number of carbonyl (C=O) groups is 2. The number of nitrogen functional groups attached to an aromatic ring is 1. The maximum absolute atomic E-state index is 13.3. The Morgan fingerprint density at radius 3 is 2.26 bits per heavy atom. The number of amides is 2. The van der Waals surface area contributed by atoms with Crippen molar-refractivity contribution in [2.75, 3.05) is 30.9 Å². The highest BCUT2D eigenvalue weighted by Crippen LogP contribution is 2.21. The molecule has 4 aromatic carbocycles. The van der Waals surface area contributed by atoms with Gasteiger partial charge in [-0.1, -0.05) is 48.5 Å². The van der Waals surface area contributed by atoms with Crippen LogP contribution in [0.5, 0.6) is 11.5 Å². The van der Waals surface area contributed by atoms with E-state index in [9.17, 15) is 9.59 Å². The number of fused-ring (bicyclic) bond motifs is 1. The molecule has 8 heteroatoms. The Balaban J connectivity index is 1.22. The number of carbonyl (C=O) groups excluding carboxylic acids is 2. The van der Waals surface area contributed by atoms with Gasteiger partial charge in [0.15, 0.2) is 12.5 Å². The average molecular weight is 522 g/mol. The number of para-hydroxylation sites is 4. The third-order valence-corrected chi connectivity index (χ3v) is 6.01. The molecular weight excluding hydrogens is 494 g/mol. The summed E-state index contributed by atoms with van der Waals surface area (Å²) in [5.41, 5.74) is 8.05. The highest BCUT2D eigenvalue weighted by Gasteiger charge is 2.21. The van der Waals surface area contributed by atoms with Crippen LogP contribution in [-0.2, 0) is 0 Å². The largest absolute Gasteiger partial charge is 0.492 e. The van der Waals surface area contributed by atoms with E-state index in [1.165, 1.54) is 4.90 Å². The number of nitrogens with one attached hydrogen (secondary N) is 1. The van der Waals surface area contributed by atoms with Gasteiger partial charge in [-0.05, 0) is 60.7 Å². The van der Waals surface area contributed by atoms with Crippen LogP contribution in [0.2, 0.25) is 0 Å². The molecule has 0 unspecified atom stereocenters. The summed E-state index contributed by atoms with van der Waals surface area (Å²) in [6, 6.07) is 32.3. The van der Waals surface area contributed by atoms with Crippen LogP contribution in [0.15, 0.2) is 114 Å². The van der Waals surface area contributed by atoms with Gasteiger partial charge in [-0.2, -0.15) is 0 Å². The highest BCUT2D eigenvalue weighted by molar-refractivity contribution is 6.05. The Morgan fingerprint density at radius 2 is 1.49 bits per heavy atom. The van der Waals surface area contributed by atoms with Crippen LogP contribution < -0.4 is 20.5 Å². The molecule has 1 heterocycles. The van der Waals surface area contributed by atoms with E-state index in [4.69, 9.17) is 19.6 Å². The molecule has 0 aliphatic heterocycles. The maximum Gasteiger partial charge on any atom is 0.292 e. The van der Waals surface area contributed by atoms with E-state index in [1.54, 1.807) is 54.6 Å². The maximum atomic E-state index is 13.3. The van der Waals surface area contributed by atoms with Crippen LogP contribution >= 0.6 is 0 Å². The molecule has 0 saturated carbocycles. The van der Waals surface area contributed by atoms with E-state index in [0.717, 1.165) is 5.39 Å². The van der Waals surface area contributed by atoms with Crippen molar-refractivity contribution in [2.24, 2.45) is 0 Å². The molecule has 196 valence electrons. The number of ether oxygens (including phenoxy) is 2. The second kappa shape index (κ2) is 11.9. The van der Waals surface area contributed by atoms with Gasteiger partial charge < -0.3 is 24.9 Å². The van der Waals surface area contributed by atoms with Gasteiger partial charge >= 0.3 is 0 Å². The van der Waals surface area contributed by atoms with E-state index < -0.39 is 0 Å². The van der Waals surface area contributed by atoms with E-state index in [-0.39, 0.29) is 37.5 Å². The second-order valence-corrected chi connectivity index (χ2v) is 8.72. The number of hydrogen-bond acceptors (Lipinski definition) is 6. The van der Waals surface area contributed by atoms with Crippen molar-refractivity contribution in [3.8, 4) is 11.5 Å². The Bertz CT molecular complexity index is 1530. The van der Waals surface area contributed by atoms with Gasteiger partial charge in [0.1, 0.15) is 23.7 Å². The lowest BCUT2D eigenvalue weighted by atomic mass is 10.2. The second-order valence-electron chi connectivity index (χ2n) is 8.72. The third-order valence-electron chi connectivity index (χ3n) is 6.01. The number of nitrogens with zero attached hydrogens (tertiary/aromatic N) is 1. The minimum atomic E-state index is -0.307. The zero-order chi connectivity index (χ0) is 27.0. The summed E-state index contributed by atoms with van der Waals surface area (Å²) in [5.74, 6) is 0.846. The van der Waals surface area contributed by atoms with Crippen molar-refractivity contribution in [1.29, 1.82) is 0 Å². The zero-order valence-corrected chi connectivity index (χ0v) is 21.1. The number of hydrogen-bond donors (Lipinski definition) is 2. The molecule has 5 rings (SSSR count). The van der Waals surface area contributed by atoms with E-state index in [1.807, 2.05) is 54.6 Å². The normalized spacial score (nSPS) is 10.7. The topological polar surface area (TPSA) is 107 Å². The lowest BCUT2D eigenvalue weighted by Gasteiger charge is -2.22. The Morgan fingerprint density at radius 1 is 0.795 bits per heavy atom. The van der Waals surface area contributed by atoms with E-state index in [2.05, 4.69) is 5.32 Å². The van der Waals surface area contributed by atoms with Crippen molar-refractivity contribution < 1.29 is 23.5 Å². The fraction of sp³-hybridized carbons (Fsp3) is 0.0968. The molecule has 0 aliphatic rings. The quantitative estimate of drug-likeness (QED) is 0.177. The third kappa shape index (κ3) is 6.37. The molecule has 0 radical (unpaired) electrons. The fourth-order valence-electron chi connectivity index (χ4n) is 3.92. The van der Waals surface area contributed by atoms with Gasteiger partial charge in [0, 0.05) is 10.9 Å². The molecule has 0 aliphatic carbocycles. The Hall–Kier alpha value is -5.24. The Kier molecular flexibility index (Phi) is 7.73. The number of furan rings is 1. The Labute approximate surface area is 225 Å². The van der Waals surface area contributed by atoms with Crippen molar-refractivity contribution in [1.82, 2.24) is 4.90 Å². The first-order chi connectivity index (χ1) is 19.1. The molecule has 0 saturated heterocycles. The number of nitrogens with two attached hydrogens (primary N) is 1. The molecule has 0 fully saturated rings. The van der Waals surface area contributed by atoms with Crippen LogP contribution in [-0.4, -0.2) is 36.6 Å². The van der Waals surface area contributed by atoms with Gasteiger partial charge in [0.05, 0.1) is 17.9 Å². The summed E-state index contributed by atoms with van der Waals surface area (Å²) in [5, 5.41) is 3.64. The SMILES string of the molecule is Nc1ccccc1NC(=O)c1ccc(OCCN(COc2ccccc2)C(=O)c2cc3ccccc3o2)cc1. The first-order valence-corrected chi connectivity index (χ1v) is 12.4. The van der Waals surface area contributed by atoms with Gasteiger partial charge in [-0.3, -0.25) is 14.5 Å². The smallest absolute Gasteiger partial charge is 0.292 e. The molecule has 0 spiro atoms. The zero-order valence-electron chi connectivity index (χ0n) is 21.1. The van der Waals surface area contributed by atoms with Crippen molar-refractivity contribution in [3.05, 3.63) is 121 Å². The van der Waals surface area contributed by atoms with E-state index in [0.29, 0.717) is 34.0 Å². The molecule has 39 heavy (non-hydrogen) atoms. The van der Waals surface area contributed by atoms with Gasteiger partial charge in [0.25, 0.3) is 11.8 Å². The number of rotatable bonds is 10. The van der Waals surface area contributed by atoms with Crippen LogP contribution in [0.25, 0.3) is 11.0 Å². The summed E-state index contributed by atoms with van der Waals surface area (Å²) in [7, 11) is 0.